The number of phenolic OH excluding ortho intramolecular Hbond substituents is 1. The van der Waals surface area contributed by atoms with Crippen LogP contribution < -0.4 is 52.7 Å². The molecule has 29 nitrogen and oxygen atoms in total. The molecule has 1 saturated heterocycles. The number of rotatable bonds is 25. The number of fused-ring (bicyclic) bond motifs is 2. The fourth-order valence-corrected chi connectivity index (χ4v) is 14.7. The molecule has 588 valence electrons. The van der Waals surface area contributed by atoms with Crippen LogP contribution in [0.4, 0.5) is 21.9 Å². The maximum Gasteiger partial charge on any atom is 0.312 e. The summed E-state index contributed by atoms with van der Waals surface area (Å²) in [7, 11) is 5.68. The van der Waals surface area contributed by atoms with Crippen LogP contribution >= 0.6 is 0 Å². The third-order valence-electron chi connectivity index (χ3n) is 21.4. The summed E-state index contributed by atoms with van der Waals surface area (Å²) in [5.74, 6) is -10.2. The first-order valence-electron chi connectivity index (χ1n) is 37.2. The Kier molecular flexibility index (Phi) is 27.0. The van der Waals surface area contributed by atoms with E-state index >= 15 is 4.79 Å². The lowest BCUT2D eigenvalue weighted by Crippen LogP contribution is -2.51. The Morgan fingerprint density at radius 3 is 2.19 bits per heavy atom. The van der Waals surface area contributed by atoms with Gasteiger partial charge in [0.15, 0.2) is 28.2 Å². The van der Waals surface area contributed by atoms with Gasteiger partial charge in [-0.1, -0.05) is 78.3 Å². The molecule has 5 aromatic rings. The van der Waals surface area contributed by atoms with E-state index in [0.717, 1.165) is 23.6 Å². The van der Waals surface area contributed by atoms with E-state index in [1.54, 1.807) is 45.9 Å². The van der Waals surface area contributed by atoms with E-state index in [9.17, 15) is 63.6 Å². The number of carbonyl (C=O) groups excluding carboxylic acids is 8. The Balaban J connectivity index is 0.899. The number of phenols is 1. The van der Waals surface area contributed by atoms with Crippen LogP contribution in [0.1, 0.15) is 118 Å². The van der Waals surface area contributed by atoms with Crippen molar-refractivity contribution in [2.24, 2.45) is 41.2 Å². The zero-order valence-corrected chi connectivity index (χ0v) is 64.4. The molecule has 4 aliphatic heterocycles. The summed E-state index contributed by atoms with van der Waals surface area (Å²) in [4.78, 5) is 143. The Hall–Kier alpha value is -10.1. The lowest BCUT2D eigenvalue weighted by molar-refractivity contribution is -0.903. The molecule has 1 fully saturated rings. The van der Waals surface area contributed by atoms with Crippen molar-refractivity contribution in [2.45, 2.75) is 157 Å². The molecule has 0 aliphatic carbocycles. The number of aliphatic hydroxyl groups excluding tert-OH is 3. The number of allylic oxidation sites excluding steroid dienone is 2. The molecule has 4 aliphatic rings. The van der Waals surface area contributed by atoms with E-state index in [0.29, 0.717) is 74.3 Å². The van der Waals surface area contributed by atoms with Crippen LogP contribution in [0.5, 0.6) is 11.5 Å². The first-order valence-corrected chi connectivity index (χ1v) is 37.2. The van der Waals surface area contributed by atoms with Gasteiger partial charge in [0.2, 0.25) is 22.7 Å². The van der Waals surface area contributed by atoms with Crippen molar-refractivity contribution < 1.29 is 86.6 Å². The number of ketones is 1. The molecule has 4 bridgehead atoms. The number of carbonyl (C=O) groups is 8. The van der Waals surface area contributed by atoms with Gasteiger partial charge in [0.1, 0.15) is 35.4 Å². The van der Waals surface area contributed by atoms with Crippen LogP contribution in [-0.4, -0.2) is 197 Å². The predicted octanol–water partition coefficient (Wildman–Crippen LogP) is 6.55. The summed E-state index contributed by atoms with van der Waals surface area (Å²) in [5.41, 5.74) is 4.88. The van der Waals surface area contributed by atoms with Crippen LogP contribution in [0, 0.1) is 42.4 Å². The van der Waals surface area contributed by atoms with Crippen LogP contribution in [-0.2, 0) is 54.3 Å². The summed E-state index contributed by atoms with van der Waals surface area (Å²) in [6, 6.07) is 9.01. The molecule has 109 heavy (non-hydrogen) atoms. The highest BCUT2D eigenvalue weighted by Crippen LogP contribution is 2.43. The van der Waals surface area contributed by atoms with Crippen LogP contribution in [0.3, 0.4) is 0 Å². The number of piperazine rings is 1. The van der Waals surface area contributed by atoms with Gasteiger partial charge in [-0.3, -0.25) is 53.0 Å². The number of aromatic nitrogens is 1. The normalized spacial score (nSPS) is 24.0. The Morgan fingerprint density at radius 2 is 1.54 bits per heavy atom. The van der Waals surface area contributed by atoms with Gasteiger partial charge in [-0.25, -0.2) is 9.78 Å². The van der Waals surface area contributed by atoms with E-state index in [-0.39, 0.29) is 117 Å². The average Bonchev–Trinajstić information content (AvgIpc) is 1.53. The summed E-state index contributed by atoms with van der Waals surface area (Å²) in [5, 5.41) is 58.2. The van der Waals surface area contributed by atoms with E-state index in [2.05, 4.69) is 40.3 Å². The quantitative estimate of drug-likeness (QED) is 0.00747. The minimum atomic E-state index is -2.05. The van der Waals surface area contributed by atoms with Gasteiger partial charge in [0.25, 0.3) is 17.7 Å². The molecular formula is C80H105N10O19+. The van der Waals surface area contributed by atoms with Gasteiger partial charge in [-0.15, -0.1) is 0 Å². The summed E-state index contributed by atoms with van der Waals surface area (Å²) >= 11 is 0. The van der Waals surface area contributed by atoms with Crippen LogP contribution in [0.15, 0.2) is 98.7 Å². The van der Waals surface area contributed by atoms with Crippen molar-refractivity contribution in [1.29, 1.82) is 0 Å². The lowest BCUT2D eigenvalue weighted by Gasteiger charge is -2.38. The zero-order valence-electron chi connectivity index (χ0n) is 64.4. The third-order valence-corrected chi connectivity index (χ3v) is 21.4. The first-order chi connectivity index (χ1) is 51.5. The Bertz CT molecular complexity index is 4580. The molecule has 4 aromatic carbocycles. The second kappa shape index (κ2) is 35.5. The fourth-order valence-electron chi connectivity index (χ4n) is 14.7. The average molecular weight is 1510 g/mol. The summed E-state index contributed by atoms with van der Waals surface area (Å²) in [6.07, 6.45) is 7.91. The number of hydrogen-bond acceptors (Lipinski definition) is 22. The summed E-state index contributed by atoms with van der Waals surface area (Å²) < 4.78 is 31.5. The van der Waals surface area contributed by atoms with E-state index in [1.165, 1.54) is 71.4 Å². The van der Waals surface area contributed by atoms with Crippen molar-refractivity contribution in [3.63, 3.8) is 0 Å². The monoisotopic (exact) mass is 1510 g/mol. The SMILES string of the molecule is CO[C@H]1/C=C/O[C@@]2(C)Oc3c(C)c(O)c4c(=O)c(c5oc6cc(N7CCN(CC[N+](C)(C)Cc8ccc(NC(=O)[C@H](CCCNC(N)=O)CC(=O)[C@@H](NC(=O)CCCCCN9C(=O)C=CC9=O)C(C)C)cc8)CC7)cc(=O)c6nc5c4c3=C2O)NC(=O)/C(C)=C\C=C\[C@H](C)[C@H](O)[C@@H](C)[C@@H](O)[C@@H](C)[C@H](OC(C)=O)[C@@H]1C. The number of esters is 1. The molecule has 7 amide bonds. The maximum atomic E-state index is 15.2. The smallest absolute Gasteiger partial charge is 0.312 e. The number of urea groups is 1. The molecule has 0 unspecified atom stereocenters. The number of hydrogen-bond donors (Lipinski definition) is 9. The van der Waals surface area contributed by atoms with Crippen molar-refractivity contribution in [3.05, 3.63) is 121 Å². The van der Waals surface area contributed by atoms with E-state index in [4.69, 9.17) is 34.1 Å². The van der Waals surface area contributed by atoms with Gasteiger partial charge in [0.05, 0.1) is 61.9 Å². The lowest BCUT2D eigenvalue weighted by atomic mass is 9.78. The van der Waals surface area contributed by atoms with E-state index < -0.39 is 118 Å². The van der Waals surface area contributed by atoms with Gasteiger partial charge in [-0.2, -0.15) is 0 Å². The molecule has 11 atom stereocenters. The highest BCUT2D eigenvalue weighted by molar-refractivity contribution is 6.17. The number of imide groups is 1. The maximum absolute atomic E-state index is 15.2. The predicted molar refractivity (Wildman–Crippen MR) is 410 cm³/mol. The number of quaternary nitrogens is 1. The van der Waals surface area contributed by atoms with Crippen LogP contribution in [0.2, 0.25) is 0 Å². The zero-order chi connectivity index (χ0) is 79.7. The number of primary amides is 1. The minimum Gasteiger partial charge on any atom is -0.507 e. The number of Topliss-reactive ketones (excluding diaryl/α,β-unsaturated/α-hetero) is 1. The van der Waals surface area contributed by atoms with Gasteiger partial charge < -0.3 is 80.2 Å². The van der Waals surface area contributed by atoms with E-state index in [1.807, 2.05) is 43.0 Å². The molecule has 9 rings (SSSR count). The largest absolute Gasteiger partial charge is 0.507 e. The second-order valence-corrected chi connectivity index (χ2v) is 30.4. The third kappa shape index (κ3) is 19.5. The number of nitrogens with zero attached hydrogens (tertiary/aromatic N) is 5. The molecule has 0 radical (unpaired) electrons. The van der Waals surface area contributed by atoms with Crippen molar-refractivity contribution in [2.75, 3.05) is 89.1 Å². The molecule has 0 saturated carbocycles. The number of nitrogens with one attached hydrogen (secondary N) is 4. The Labute approximate surface area is 632 Å². The van der Waals surface area contributed by atoms with Crippen molar-refractivity contribution in [1.82, 2.24) is 25.4 Å². The molecule has 29 heteroatoms. The van der Waals surface area contributed by atoms with Gasteiger partial charge in [-0.05, 0) is 63.7 Å². The number of benzene rings is 4. The number of aliphatic hydroxyl groups is 3. The topological polar surface area (TPSA) is 398 Å². The summed E-state index contributed by atoms with van der Waals surface area (Å²) in [6.45, 7) is 21.0. The van der Waals surface area contributed by atoms with Gasteiger partial charge >= 0.3 is 17.8 Å². The fraction of sp³-hybridized carbons (Fsp3) is 0.512. The standard InChI is InChI=1S/C80H104N10O19/c1-43(2)65(84-59(94)22-15-14-16-31-89-60(95)27-28-61(89)96)55(92)39-52(21-18-30-82-79(81)104)78(103)83-53-25-23-51(24-26-53)42-90(11,12)37-36-87-32-34-88(35-33-87)54-40-56(93)66-58(41-54)108-75-67(85-66)62-63-71(99)49(8)74-64(62)76(101)80(10,109-74)106-38-29-57(105-13)46(5)73(107-50(9)91)48(7)70(98)47(6)69(97)44(3)19-17-20-45(4)77(102)86-68(75)72(63)100/h17,19-20,23-29,38,40-41,43-44,46-48,52,57,65,69-70,73,97-98H,14-16,18,21-22,30-37,39,42H2,1-13H3,(H7-,81,82,83,84,85,86,93,94,95,96,99,100,101,102,103,104)/p+1/b19-17+,38-29+,45-20-/t44-,46+,47+,48+,52+,57-,65-,69-,70+,73+,80-/m0/s1. The molecule has 1 aromatic heterocycles. The number of likely N-dealkylation sites (N-methyl/N-ethyl adjacent to an activating group) is 1. The van der Waals surface area contributed by atoms with Crippen molar-refractivity contribution in [3.8, 4) is 11.5 Å². The highest BCUT2D eigenvalue weighted by Gasteiger charge is 2.45. The van der Waals surface area contributed by atoms with Crippen molar-refractivity contribution >= 4 is 103 Å². The number of aromatic hydroxyl groups is 1. The van der Waals surface area contributed by atoms with Crippen LogP contribution in [0.25, 0.3) is 38.7 Å². The number of methoxy groups -OCH3 is 1. The molecule has 5 heterocycles. The second-order valence-electron chi connectivity index (χ2n) is 30.4. The number of amides is 7. The molecule has 0 spiro atoms. The molecule has 10 N–H and O–H groups in total. The number of nitrogens with two attached hydrogens (primary N) is 1. The minimum absolute atomic E-state index is 0.0166. The first kappa shape index (κ1) is 83.0. The number of unbranched alkanes of at least 4 members (excludes halogenated alkanes) is 2. The number of ether oxygens (including phenoxy) is 4. The molecular weight excluding hydrogens is 1400 g/mol. The highest BCUT2D eigenvalue weighted by atomic mass is 16.7. The number of anilines is 3. The Morgan fingerprint density at radius 1 is 0.853 bits per heavy atom. The van der Waals surface area contributed by atoms with Gasteiger partial charge in [0, 0.05) is 167 Å².